The first kappa shape index (κ1) is 16.7. The smallest absolute Gasteiger partial charge is 0.231 e. The van der Waals surface area contributed by atoms with E-state index in [1.807, 2.05) is 0 Å². The van der Waals surface area contributed by atoms with E-state index in [0.29, 0.717) is 18.1 Å². The summed E-state index contributed by atoms with van der Waals surface area (Å²) in [5.41, 5.74) is 6.57. The molecule has 120 valence electrons. The number of nitrogens with zero attached hydrogens (tertiary/aromatic N) is 2. The number of halogens is 2. The van der Waals surface area contributed by atoms with Crippen LogP contribution in [-0.2, 0) is 12.0 Å². The topological polar surface area (TPSA) is 74.2 Å². The maximum absolute atomic E-state index is 13.7. The van der Waals surface area contributed by atoms with Crippen LogP contribution >= 0.6 is 12.4 Å². The number of benzene rings is 1. The van der Waals surface area contributed by atoms with E-state index < -0.39 is 11.4 Å². The van der Waals surface area contributed by atoms with Gasteiger partial charge in [-0.25, -0.2) is 4.39 Å². The van der Waals surface area contributed by atoms with Crippen molar-refractivity contribution in [3.63, 3.8) is 0 Å². The minimum atomic E-state index is -0.465. The van der Waals surface area contributed by atoms with Crippen LogP contribution in [0.15, 0.2) is 22.7 Å². The lowest BCUT2D eigenvalue weighted by molar-refractivity contribution is 0.352. The largest absolute Gasteiger partial charge is 0.494 e. The summed E-state index contributed by atoms with van der Waals surface area (Å²) in [6.45, 7) is 0. The van der Waals surface area contributed by atoms with Gasteiger partial charge in [0.05, 0.1) is 19.1 Å². The molecule has 1 heterocycles. The van der Waals surface area contributed by atoms with Gasteiger partial charge in [-0.15, -0.1) is 12.4 Å². The van der Waals surface area contributed by atoms with Gasteiger partial charge in [0.25, 0.3) is 0 Å². The van der Waals surface area contributed by atoms with E-state index in [1.54, 1.807) is 12.1 Å². The molecule has 0 radical (unpaired) electrons. The molecule has 0 amide bonds. The zero-order valence-electron chi connectivity index (χ0n) is 12.3. The standard InChI is InChI=1S/C15H18FN3O2.ClH/c1-20-12-5-4-10(8-11(12)16)9-13-18-14(19-21-13)15(17)6-2-3-7-15;/h4-5,8H,2-3,6-7,9,17H2,1H3;1H. The number of rotatable bonds is 4. The zero-order valence-corrected chi connectivity index (χ0v) is 13.2. The van der Waals surface area contributed by atoms with Gasteiger partial charge >= 0.3 is 0 Å². The van der Waals surface area contributed by atoms with E-state index in [0.717, 1.165) is 31.2 Å². The van der Waals surface area contributed by atoms with Gasteiger partial charge < -0.3 is 15.0 Å². The van der Waals surface area contributed by atoms with Gasteiger partial charge in [-0.2, -0.15) is 4.98 Å². The Morgan fingerprint density at radius 3 is 2.73 bits per heavy atom. The first-order valence-electron chi connectivity index (χ1n) is 7.05. The first-order chi connectivity index (χ1) is 10.1. The van der Waals surface area contributed by atoms with E-state index in [2.05, 4.69) is 10.1 Å². The molecule has 22 heavy (non-hydrogen) atoms. The van der Waals surface area contributed by atoms with Gasteiger partial charge in [0, 0.05) is 0 Å². The fraction of sp³-hybridized carbons (Fsp3) is 0.467. The van der Waals surface area contributed by atoms with Crippen LogP contribution in [0.25, 0.3) is 0 Å². The number of methoxy groups -OCH3 is 1. The Labute approximate surface area is 134 Å². The molecule has 0 saturated heterocycles. The minimum Gasteiger partial charge on any atom is -0.494 e. The van der Waals surface area contributed by atoms with Crippen LogP contribution in [-0.4, -0.2) is 17.3 Å². The third-order valence-electron chi connectivity index (χ3n) is 3.98. The maximum atomic E-state index is 13.7. The van der Waals surface area contributed by atoms with Crippen molar-refractivity contribution in [3.05, 3.63) is 41.3 Å². The van der Waals surface area contributed by atoms with Gasteiger partial charge in [0.15, 0.2) is 17.4 Å². The molecule has 1 saturated carbocycles. The quantitative estimate of drug-likeness (QED) is 0.934. The van der Waals surface area contributed by atoms with Gasteiger partial charge in [-0.3, -0.25) is 0 Å². The van der Waals surface area contributed by atoms with E-state index in [4.69, 9.17) is 15.0 Å². The Bertz CT molecular complexity index is 641. The van der Waals surface area contributed by atoms with Crippen molar-refractivity contribution in [2.75, 3.05) is 7.11 Å². The molecular formula is C15H19ClFN3O2. The van der Waals surface area contributed by atoms with Crippen molar-refractivity contribution >= 4 is 12.4 Å². The highest BCUT2D eigenvalue weighted by atomic mass is 35.5. The van der Waals surface area contributed by atoms with Gasteiger partial charge in [-0.05, 0) is 30.5 Å². The molecule has 0 aliphatic heterocycles. The van der Waals surface area contributed by atoms with Crippen LogP contribution in [0, 0.1) is 5.82 Å². The Kier molecular flexibility index (Phi) is 5.03. The van der Waals surface area contributed by atoms with E-state index in [9.17, 15) is 4.39 Å². The minimum absolute atomic E-state index is 0. The average molecular weight is 328 g/mol. The van der Waals surface area contributed by atoms with Gasteiger partial charge in [0.1, 0.15) is 0 Å². The Morgan fingerprint density at radius 2 is 2.09 bits per heavy atom. The van der Waals surface area contributed by atoms with Gasteiger partial charge in [0.2, 0.25) is 5.89 Å². The second-order valence-corrected chi connectivity index (χ2v) is 5.52. The molecule has 2 N–H and O–H groups in total. The van der Waals surface area contributed by atoms with Crippen LogP contribution in [0.5, 0.6) is 5.75 Å². The number of nitrogens with two attached hydrogens (primary N) is 1. The van der Waals surface area contributed by atoms with Crippen LogP contribution in [0.1, 0.15) is 43.0 Å². The predicted octanol–water partition coefficient (Wildman–Crippen LogP) is 2.96. The van der Waals surface area contributed by atoms with Crippen molar-refractivity contribution in [2.45, 2.75) is 37.6 Å². The average Bonchev–Trinajstić information content (AvgIpc) is 3.09. The summed E-state index contributed by atoms with van der Waals surface area (Å²) in [6, 6.07) is 4.78. The molecule has 0 atom stereocenters. The fourth-order valence-electron chi connectivity index (χ4n) is 2.75. The lowest BCUT2D eigenvalue weighted by atomic mass is 9.99. The normalized spacial score (nSPS) is 16.3. The summed E-state index contributed by atoms with van der Waals surface area (Å²) < 4.78 is 23.8. The Morgan fingerprint density at radius 1 is 1.36 bits per heavy atom. The molecule has 7 heteroatoms. The lowest BCUT2D eigenvalue weighted by Gasteiger charge is -2.17. The molecule has 5 nitrogen and oxygen atoms in total. The summed E-state index contributed by atoms with van der Waals surface area (Å²) in [4.78, 5) is 4.38. The van der Waals surface area contributed by atoms with E-state index in [-0.39, 0.29) is 18.2 Å². The van der Waals surface area contributed by atoms with Crippen LogP contribution in [0.3, 0.4) is 0 Å². The summed E-state index contributed by atoms with van der Waals surface area (Å²) in [7, 11) is 1.44. The molecule has 0 spiro atoms. The van der Waals surface area contributed by atoms with Crippen molar-refractivity contribution < 1.29 is 13.7 Å². The first-order valence-corrected chi connectivity index (χ1v) is 7.05. The van der Waals surface area contributed by atoms with Crippen molar-refractivity contribution in [1.29, 1.82) is 0 Å². The zero-order chi connectivity index (χ0) is 14.9. The van der Waals surface area contributed by atoms with Crippen LogP contribution < -0.4 is 10.5 Å². The molecule has 1 aliphatic carbocycles. The van der Waals surface area contributed by atoms with Gasteiger partial charge in [-0.1, -0.05) is 24.1 Å². The third kappa shape index (κ3) is 3.23. The predicted molar refractivity (Wildman–Crippen MR) is 81.6 cm³/mol. The molecule has 2 aromatic rings. The highest BCUT2D eigenvalue weighted by molar-refractivity contribution is 5.85. The molecule has 1 aromatic heterocycles. The number of ether oxygens (including phenoxy) is 1. The molecule has 3 rings (SSSR count). The number of aromatic nitrogens is 2. The third-order valence-corrected chi connectivity index (χ3v) is 3.98. The van der Waals surface area contributed by atoms with Crippen molar-refractivity contribution in [2.24, 2.45) is 5.73 Å². The van der Waals surface area contributed by atoms with E-state index in [1.165, 1.54) is 13.2 Å². The van der Waals surface area contributed by atoms with Crippen LogP contribution in [0.4, 0.5) is 4.39 Å². The fourth-order valence-corrected chi connectivity index (χ4v) is 2.75. The lowest BCUT2D eigenvalue weighted by Crippen LogP contribution is -2.34. The highest BCUT2D eigenvalue weighted by Crippen LogP contribution is 2.34. The Balaban J connectivity index is 0.00000176. The second kappa shape index (κ2) is 6.62. The van der Waals surface area contributed by atoms with E-state index >= 15 is 0 Å². The molecule has 1 fully saturated rings. The SMILES string of the molecule is COc1ccc(Cc2nc(C3(N)CCCC3)no2)cc1F.Cl. The number of hydrogen-bond acceptors (Lipinski definition) is 5. The molecule has 1 aromatic carbocycles. The summed E-state index contributed by atoms with van der Waals surface area (Å²) >= 11 is 0. The monoisotopic (exact) mass is 327 g/mol. The summed E-state index contributed by atoms with van der Waals surface area (Å²) in [5, 5.41) is 3.99. The van der Waals surface area contributed by atoms with Crippen LogP contribution in [0.2, 0.25) is 0 Å². The van der Waals surface area contributed by atoms with Crippen molar-refractivity contribution in [1.82, 2.24) is 10.1 Å². The molecule has 1 aliphatic rings. The molecule has 0 unspecified atom stereocenters. The van der Waals surface area contributed by atoms with Crippen molar-refractivity contribution in [3.8, 4) is 5.75 Å². The summed E-state index contributed by atoms with van der Waals surface area (Å²) in [6.07, 6.45) is 4.31. The molecular weight excluding hydrogens is 309 g/mol. The Hall–Kier alpha value is -1.66. The highest BCUT2D eigenvalue weighted by Gasteiger charge is 2.35. The molecule has 0 bridgehead atoms. The summed E-state index contributed by atoms with van der Waals surface area (Å²) in [5.74, 6) is 0.827. The maximum Gasteiger partial charge on any atom is 0.231 e. The number of hydrogen-bond donors (Lipinski definition) is 1. The second-order valence-electron chi connectivity index (χ2n) is 5.52.